The predicted molar refractivity (Wildman–Crippen MR) is 257 cm³/mol. The van der Waals surface area contributed by atoms with Gasteiger partial charge in [0.1, 0.15) is 35.0 Å². The summed E-state index contributed by atoms with van der Waals surface area (Å²) in [4.78, 5) is 93.6. The molecule has 356 valence electrons. The van der Waals surface area contributed by atoms with Gasteiger partial charge in [-0.1, -0.05) is 139 Å². The summed E-state index contributed by atoms with van der Waals surface area (Å²) in [5.41, 5.74) is 7.47. The summed E-state index contributed by atoms with van der Waals surface area (Å²) < 4.78 is 22.7. The van der Waals surface area contributed by atoms with E-state index in [0.29, 0.717) is 27.8 Å². The fraction of sp³-hybridized carbons (Fsp3) is 0.240. The van der Waals surface area contributed by atoms with Crippen LogP contribution in [0.15, 0.2) is 156 Å². The van der Waals surface area contributed by atoms with Crippen LogP contribution in [-0.2, 0) is 47.8 Å². The van der Waals surface area contributed by atoms with Gasteiger partial charge >= 0.3 is 30.1 Å². The van der Waals surface area contributed by atoms with Gasteiger partial charge in [-0.15, -0.1) is 23.1 Å². The Morgan fingerprint density at radius 1 is 0.841 bits per heavy atom. The third kappa shape index (κ3) is 12.2. The Morgan fingerprint density at radius 3 is 1.87 bits per heavy atom. The Kier molecular flexibility index (Phi) is 15.9. The normalized spacial score (nSPS) is 16.1. The fourth-order valence-electron chi connectivity index (χ4n) is 7.09. The zero-order valence-electron chi connectivity index (χ0n) is 37.6. The zero-order valence-corrected chi connectivity index (χ0v) is 39.3. The molecule has 0 radical (unpaired) electrons. The summed E-state index contributed by atoms with van der Waals surface area (Å²) in [6, 6.07) is 34.6. The van der Waals surface area contributed by atoms with E-state index in [1.165, 1.54) is 28.1 Å². The Hall–Kier alpha value is -7.77. The smallest absolute Gasteiger partial charge is 0.407 e. The average Bonchev–Trinajstić information content (AvgIpc) is 3.79. The number of thioether (sulfide) groups is 1. The topological polar surface area (TPSA) is 227 Å². The lowest BCUT2D eigenvalue weighted by Gasteiger charge is -2.49. The van der Waals surface area contributed by atoms with Gasteiger partial charge in [-0.3, -0.25) is 14.5 Å². The molecule has 0 aliphatic carbocycles. The number of nitrogens with two attached hydrogens (primary N) is 1. The van der Waals surface area contributed by atoms with Crippen molar-refractivity contribution in [2.45, 2.75) is 56.1 Å². The summed E-state index contributed by atoms with van der Waals surface area (Å²) in [5, 5.41) is 9.74. The highest BCUT2D eigenvalue weighted by atomic mass is 32.2. The minimum atomic E-state index is -2.23. The van der Waals surface area contributed by atoms with Crippen LogP contribution in [0.1, 0.15) is 60.9 Å². The third-order valence-electron chi connectivity index (χ3n) is 10.3. The SMILES string of the molecule is C=CC1=C(C(=O)OC(c2ccccc2)c2ccccc2)N2C(=O)C(NC(=O)C(=NOC(C(=O)OCCNC(=O)OC(C)(C)C)C(=O)OC(c3ccccc3)c3ccccc3)c3csc(N)n3)[C@@H]2SC1. The highest BCUT2D eigenvalue weighted by Gasteiger charge is 2.55. The number of nitrogen functional groups attached to an aromatic ring is 1. The van der Waals surface area contributed by atoms with E-state index >= 15 is 0 Å². The maximum atomic E-state index is 14.3. The molecular weight excluding hydrogens is 925 g/mol. The molecule has 1 saturated heterocycles. The molecular formula is C50H48N6O11S2. The van der Waals surface area contributed by atoms with E-state index in [-0.39, 0.29) is 28.8 Å². The first-order chi connectivity index (χ1) is 33.2. The van der Waals surface area contributed by atoms with Crippen LogP contribution in [0.5, 0.6) is 0 Å². The molecule has 1 aromatic heterocycles. The van der Waals surface area contributed by atoms with Crippen LogP contribution in [0.4, 0.5) is 9.93 Å². The number of carbonyl (C=O) groups excluding carboxylic acids is 6. The second-order valence-electron chi connectivity index (χ2n) is 16.3. The summed E-state index contributed by atoms with van der Waals surface area (Å²) in [6.07, 6.45) is -3.35. The number of nitrogens with one attached hydrogen (secondary N) is 2. The molecule has 0 saturated carbocycles. The first kappa shape index (κ1) is 49.1. The number of fused-ring (bicyclic) bond motifs is 1. The van der Waals surface area contributed by atoms with Crippen LogP contribution < -0.4 is 16.4 Å². The van der Waals surface area contributed by atoms with Gasteiger partial charge in [-0.25, -0.2) is 24.2 Å². The number of aromatic nitrogens is 1. The van der Waals surface area contributed by atoms with Gasteiger partial charge in [0.15, 0.2) is 23.1 Å². The molecule has 1 fully saturated rings. The number of oxime groups is 1. The van der Waals surface area contributed by atoms with Crippen molar-refractivity contribution in [3.8, 4) is 0 Å². The second-order valence-corrected chi connectivity index (χ2v) is 18.3. The summed E-state index contributed by atoms with van der Waals surface area (Å²) >= 11 is 2.24. The predicted octanol–water partition coefficient (Wildman–Crippen LogP) is 6.39. The van der Waals surface area contributed by atoms with Gasteiger partial charge in [0.25, 0.3) is 11.8 Å². The molecule has 5 aromatic rings. The summed E-state index contributed by atoms with van der Waals surface area (Å²) in [7, 11) is 0. The van der Waals surface area contributed by atoms with E-state index in [0.717, 1.165) is 11.3 Å². The van der Waals surface area contributed by atoms with Gasteiger partial charge in [-0.2, -0.15) is 0 Å². The molecule has 69 heavy (non-hydrogen) atoms. The number of allylic oxidation sites excluding steroid dienone is 1. The number of ether oxygens (including phenoxy) is 4. The monoisotopic (exact) mass is 972 g/mol. The molecule has 17 nitrogen and oxygen atoms in total. The fourth-order valence-corrected chi connectivity index (χ4v) is 8.98. The number of alkyl carbamates (subject to hydrolysis) is 1. The van der Waals surface area contributed by atoms with Crippen LogP contribution in [0.3, 0.4) is 0 Å². The second kappa shape index (κ2) is 22.4. The molecule has 3 heterocycles. The van der Waals surface area contributed by atoms with Gasteiger partial charge in [0.05, 0.1) is 6.54 Å². The Bertz CT molecular complexity index is 2650. The van der Waals surface area contributed by atoms with E-state index in [9.17, 15) is 28.8 Å². The first-order valence-corrected chi connectivity index (χ1v) is 23.5. The van der Waals surface area contributed by atoms with Crippen LogP contribution in [0.25, 0.3) is 0 Å². The van der Waals surface area contributed by atoms with E-state index in [1.807, 2.05) is 60.7 Å². The molecule has 2 unspecified atom stereocenters. The van der Waals surface area contributed by atoms with Crippen molar-refractivity contribution in [3.63, 3.8) is 0 Å². The van der Waals surface area contributed by atoms with Crippen LogP contribution in [-0.4, -0.2) is 93.4 Å². The highest BCUT2D eigenvalue weighted by molar-refractivity contribution is 8.00. The molecule has 3 atom stereocenters. The number of thiazole rings is 1. The Morgan fingerprint density at radius 2 is 1.38 bits per heavy atom. The maximum Gasteiger partial charge on any atom is 0.407 e. The van der Waals surface area contributed by atoms with Gasteiger partial charge in [0, 0.05) is 11.1 Å². The minimum absolute atomic E-state index is 0.0175. The Balaban J connectivity index is 1.12. The van der Waals surface area contributed by atoms with Crippen LogP contribution in [0.2, 0.25) is 0 Å². The molecule has 7 rings (SSSR count). The van der Waals surface area contributed by atoms with Crippen molar-refractivity contribution in [1.29, 1.82) is 0 Å². The van der Waals surface area contributed by atoms with Crippen molar-refractivity contribution in [3.05, 3.63) is 179 Å². The molecule has 0 spiro atoms. The van der Waals surface area contributed by atoms with Crippen molar-refractivity contribution < 1.29 is 52.6 Å². The lowest BCUT2D eigenvalue weighted by molar-refractivity contribution is -0.176. The van der Waals surface area contributed by atoms with Gasteiger partial charge in [0.2, 0.25) is 0 Å². The van der Waals surface area contributed by atoms with Crippen LogP contribution in [0, 0.1) is 0 Å². The molecule has 19 heteroatoms. The third-order valence-corrected chi connectivity index (χ3v) is 12.2. The van der Waals surface area contributed by atoms with E-state index < -0.39 is 83.5 Å². The number of amides is 3. The number of β-lactam (4-membered cyclic amide) rings is 1. The lowest BCUT2D eigenvalue weighted by Crippen LogP contribution is -2.71. The lowest BCUT2D eigenvalue weighted by atomic mass is 10.0. The largest absolute Gasteiger partial charge is 0.461 e. The van der Waals surface area contributed by atoms with Gasteiger partial charge in [-0.05, 0) is 48.6 Å². The van der Waals surface area contributed by atoms with E-state index in [1.54, 1.807) is 81.4 Å². The number of rotatable bonds is 18. The minimum Gasteiger partial charge on any atom is -0.461 e. The van der Waals surface area contributed by atoms with E-state index in [4.69, 9.17) is 29.5 Å². The number of esters is 3. The number of benzene rings is 4. The number of carbonyl (C=O) groups is 6. The van der Waals surface area contributed by atoms with Crippen molar-refractivity contribution in [2.24, 2.45) is 5.16 Å². The van der Waals surface area contributed by atoms with Crippen molar-refractivity contribution in [2.75, 3.05) is 24.6 Å². The summed E-state index contributed by atoms with van der Waals surface area (Å²) in [6.45, 7) is 8.28. The van der Waals surface area contributed by atoms with E-state index in [2.05, 4.69) is 27.4 Å². The number of hydrogen-bond donors (Lipinski definition) is 3. The quantitative estimate of drug-likeness (QED) is 0.0165. The van der Waals surface area contributed by atoms with Crippen molar-refractivity contribution >= 4 is 69.8 Å². The molecule has 4 aromatic carbocycles. The highest BCUT2D eigenvalue weighted by Crippen LogP contribution is 2.42. The standard InChI is InChI=1S/C50H48N6O11S2/c1-5-30-28-68-44-37(43(58)56(44)38(30)45(59)64-39(31-18-10-6-11-19-31)32-20-12-7-13-21-32)54-42(57)36(35-29-69-48(51)53-35)55-67-41(46(60)63-27-26-52-49(62)66-50(2,3)4)47(61)65-40(33-22-14-8-15-23-33)34-24-16-9-17-25-34/h5-25,29,37,39-41,44H,1,26-28H2,2-4H3,(H2,51,53)(H,52,62)(H,54,57)/t37?,41?,44-/m0/s1. The number of anilines is 1. The number of hydrogen-bond acceptors (Lipinski definition) is 16. The molecule has 2 aliphatic heterocycles. The molecule has 0 bridgehead atoms. The van der Waals surface area contributed by atoms with Gasteiger partial charge < -0.3 is 40.2 Å². The first-order valence-electron chi connectivity index (χ1n) is 21.5. The maximum absolute atomic E-state index is 14.3. The zero-order chi connectivity index (χ0) is 49.1. The molecule has 2 aliphatic rings. The molecule has 4 N–H and O–H groups in total. The van der Waals surface area contributed by atoms with Crippen LogP contribution >= 0.6 is 23.1 Å². The molecule has 3 amide bonds. The average molecular weight is 973 g/mol. The Labute approximate surface area is 405 Å². The van der Waals surface area contributed by atoms with Crippen molar-refractivity contribution in [1.82, 2.24) is 20.5 Å². The summed E-state index contributed by atoms with van der Waals surface area (Å²) in [5.74, 6) is -4.68. The number of nitrogens with zero attached hydrogens (tertiary/aromatic N) is 3.